The first-order valence-electron chi connectivity index (χ1n) is 15.8. The average Bonchev–Trinajstić information content (AvgIpc) is 3.06. The number of aliphatic hydroxyl groups excluding tert-OH is 2. The zero-order chi connectivity index (χ0) is 32.2. The van der Waals surface area contributed by atoms with Crippen LogP contribution < -0.4 is 5.32 Å². The zero-order valence-corrected chi connectivity index (χ0v) is 26.2. The molecule has 0 aliphatic carbocycles. The van der Waals surface area contributed by atoms with Crippen molar-refractivity contribution in [3.05, 3.63) is 101 Å². The maximum absolute atomic E-state index is 12.6. The lowest BCUT2D eigenvalue weighted by Gasteiger charge is -2.39. The van der Waals surface area contributed by atoms with Gasteiger partial charge in [-0.3, -0.25) is 14.5 Å². The smallest absolute Gasteiger partial charge is 0.303 e. The molecular weight excluding hydrogens is 572 g/mol. The summed E-state index contributed by atoms with van der Waals surface area (Å²) in [6, 6.07) is 24.7. The van der Waals surface area contributed by atoms with E-state index >= 15 is 0 Å². The molecule has 5 unspecified atom stereocenters. The number of unbranched alkanes of at least 4 members (excludes halogenated alkanes) is 3. The van der Waals surface area contributed by atoms with Crippen LogP contribution in [0, 0.1) is 0 Å². The van der Waals surface area contributed by atoms with Gasteiger partial charge in [-0.2, -0.15) is 0 Å². The fourth-order valence-electron chi connectivity index (χ4n) is 5.59. The molecule has 45 heavy (non-hydrogen) atoms. The van der Waals surface area contributed by atoms with Gasteiger partial charge in [-0.15, -0.1) is 0 Å². The summed E-state index contributed by atoms with van der Waals surface area (Å²) in [5.74, 6) is -0.887. The van der Waals surface area contributed by atoms with Crippen molar-refractivity contribution in [2.45, 2.75) is 89.1 Å². The van der Waals surface area contributed by atoms with Gasteiger partial charge in [-0.1, -0.05) is 79.6 Å². The Kier molecular flexibility index (Phi) is 13.1. The van der Waals surface area contributed by atoms with Gasteiger partial charge in [0.15, 0.2) is 6.29 Å². The molecule has 1 amide bonds. The number of likely N-dealkylation sites (N-methyl/N-ethyl adjacent to an activating group) is 1. The highest BCUT2D eigenvalue weighted by Gasteiger charge is 2.34. The first kappa shape index (κ1) is 34.3. The number of hydrogen-bond acceptors (Lipinski definition) is 7. The van der Waals surface area contributed by atoms with Crippen LogP contribution in [0.2, 0.25) is 0 Å². The number of carbonyl (C=O) groups excluding carboxylic acids is 1. The minimum absolute atomic E-state index is 0.0319. The van der Waals surface area contributed by atoms with Crippen molar-refractivity contribution in [3.8, 4) is 0 Å². The van der Waals surface area contributed by atoms with Crippen molar-refractivity contribution >= 4 is 17.6 Å². The van der Waals surface area contributed by atoms with Crippen LogP contribution in [0.1, 0.15) is 92.6 Å². The number of carboxylic acid groups (broad SMARTS) is 1. The summed E-state index contributed by atoms with van der Waals surface area (Å²) in [5.41, 5.74) is 4.10. The minimum atomic E-state index is -0.792. The summed E-state index contributed by atoms with van der Waals surface area (Å²) in [6.07, 6.45) is 2.24. The first-order chi connectivity index (χ1) is 21.7. The molecule has 0 radical (unpaired) electrons. The molecule has 242 valence electrons. The lowest BCUT2D eigenvalue weighted by molar-refractivity contribution is -0.253. The van der Waals surface area contributed by atoms with Gasteiger partial charge >= 0.3 is 5.97 Å². The van der Waals surface area contributed by atoms with Crippen molar-refractivity contribution in [1.29, 1.82) is 0 Å². The topological polar surface area (TPSA) is 129 Å². The van der Waals surface area contributed by atoms with E-state index in [0.29, 0.717) is 37.9 Å². The number of amides is 1. The van der Waals surface area contributed by atoms with Crippen LogP contribution in [-0.2, 0) is 25.7 Å². The third-order valence-electron chi connectivity index (χ3n) is 8.39. The van der Waals surface area contributed by atoms with Crippen molar-refractivity contribution < 1.29 is 34.4 Å². The fourth-order valence-corrected chi connectivity index (χ4v) is 5.59. The molecule has 1 fully saturated rings. The quantitative estimate of drug-likeness (QED) is 0.141. The van der Waals surface area contributed by atoms with Crippen molar-refractivity contribution in [1.82, 2.24) is 4.90 Å². The Bertz CT molecular complexity index is 1350. The molecule has 3 aromatic carbocycles. The number of aliphatic hydroxyl groups is 2. The van der Waals surface area contributed by atoms with Crippen LogP contribution in [0.5, 0.6) is 0 Å². The van der Waals surface area contributed by atoms with E-state index in [1.165, 1.54) is 0 Å². The molecule has 1 aliphatic rings. The van der Waals surface area contributed by atoms with E-state index in [-0.39, 0.29) is 37.2 Å². The second-order valence-corrected chi connectivity index (χ2v) is 11.9. The number of rotatable bonds is 16. The van der Waals surface area contributed by atoms with Crippen LogP contribution in [0.4, 0.5) is 5.69 Å². The van der Waals surface area contributed by atoms with Gasteiger partial charge in [0.05, 0.1) is 24.9 Å². The van der Waals surface area contributed by atoms with Crippen LogP contribution in [0.3, 0.4) is 0 Å². The standard InChI is InChI=1S/C36H46N2O7/c1-25(35(43)28-11-6-5-7-12-28)38(2)23-31-22-32(27-19-17-26(24-39)18-20-27)45-36(44-31)29-13-10-14-30(21-29)37-33(40)15-8-3-4-9-16-34(41)42/h5-7,10-14,17-21,25,31-32,35-36,39,43H,3-4,8-9,15-16,22-24H2,1-2H3,(H,37,40)(H,41,42). The molecule has 4 N–H and O–H groups in total. The van der Waals surface area contributed by atoms with Crippen LogP contribution in [0.25, 0.3) is 0 Å². The van der Waals surface area contributed by atoms with E-state index in [0.717, 1.165) is 35.1 Å². The number of anilines is 1. The van der Waals surface area contributed by atoms with Gasteiger partial charge in [-0.25, -0.2) is 0 Å². The second-order valence-electron chi connectivity index (χ2n) is 11.9. The van der Waals surface area contributed by atoms with Gasteiger partial charge in [0.1, 0.15) is 0 Å². The zero-order valence-electron chi connectivity index (χ0n) is 26.2. The van der Waals surface area contributed by atoms with Gasteiger partial charge in [0.2, 0.25) is 5.91 Å². The maximum atomic E-state index is 12.6. The van der Waals surface area contributed by atoms with Crippen LogP contribution in [0.15, 0.2) is 78.9 Å². The molecule has 9 nitrogen and oxygen atoms in total. The molecule has 0 aromatic heterocycles. The number of benzene rings is 3. The lowest BCUT2D eigenvalue weighted by atomic mass is 9.98. The number of nitrogens with one attached hydrogen (secondary N) is 1. The number of aliphatic carboxylic acids is 1. The van der Waals surface area contributed by atoms with Gasteiger partial charge in [0.25, 0.3) is 0 Å². The van der Waals surface area contributed by atoms with E-state index in [4.69, 9.17) is 14.6 Å². The Morgan fingerprint density at radius 1 is 0.911 bits per heavy atom. The van der Waals surface area contributed by atoms with E-state index in [1.807, 2.05) is 92.8 Å². The summed E-state index contributed by atoms with van der Waals surface area (Å²) in [7, 11) is 1.98. The highest BCUT2D eigenvalue weighted by molar-refractivity contribution is 5.90. The first-order valence-corrected chi connectivity index (χ1v) is 15.8. The maximum Gasteiger partial charge on any atom is 0.303 e. The molecule has 1 heterocycles. The van der Waals surface area contributed by atoms with Gasteiger partial charge in [0, 0.05) is 43.1 Å². The minimum Gasteiger partial charge on any atom is -0.481 e. The average molecular weight is 619 g/mol. The summed E-state index contributed by atoms with van der Waals surface area (Å²) in [6.45, 7) is 2.54. The highest BCUT2D eigenvalue weighted by atomic mass is 16.7. The lowest BCUT2D eigenvalue weighted by Crippen LogP contribution is -2.43. The van der Waals surface area contributed by atoms with Gasteiger partial charge in [-0.05, 0) is 55.6 Å². The number of nitrogens with zero attached hydrogens (tertiary/aromatic N) is 1. The fraction of sp³-hybridized carbons (Fsp3) is 0.444. The van der Waals surface area contributed by atoms with Crippen molar-refractivity contribution in [2.24, 2.45) is 0 Å². The molecule has 1 saturated heterocycles. The Morgan fingerprint density at radius 2 is 1.62 bits per heavy atom. The number of ether oxygens (including phenoxy) is 2. The molecule has 0 spiro atoms. The number of hydrogen-bond donors (Lipinski definition) is 4. The van der Waals surface area contributed by atoms with Crippen LogP contribution in [-0.4, -0.2) is 57.8 Å². The predicted molar refractivity (Wildman–Crippen MR) is 172 cm³/mol. The Balaban J connectivity index is 1.43. The molecule has 4 rings (SSSR count). The summed E-state index contributed by atoms with van der Waals surface area (Å²) in [4.78, 5) is 25.4. The second kappa shape index (κ2) is 17.2. The van der Waals surface area contributed by atoms with E-state index in [1.54, 1.807) is 0 Å². The van der Waals surface area contributed by atoms with E-state index in [2.05, 4.69) is 10.2 Å². The Labute approximate surface area is 265 Å². The molecule has 0 bridgehead atoms. The molecule has 3 aromatic rings. The molecule has 0 saturated carbocycles. The van der Waals surface area contributed by atoms with E-state index < -0.39 is 18.4 Å². The monoisotopic (exact) mass is 618 g/mol. The normalized spacial score (nSPS) is 19.6. The number of carbonyl (C=O) groups is 2. The molecular formula is C36H46N2O7. The largest absolute Gasteiger partial charge is 0.481 e. The Morgan fingerprint density at radius 3 is 2.31 bits per heavy atom. The van der Waals surface area contributed by atoms with Crippen molar-refractivity contribution in [2.75, 3.05) is 18.9 Å². The Hall–Kier alpha value is -3.60. The molecule has 5 atom stereocenters. The van der Waals surface area contributed by atoms with Crippen molar-refractivity contribution in [3.63, 3.8) is 0 Å². The summed E-state index contributed by atoms with van der Waals surface area (Å²) >= 11 is 0. The van der Waals surface area contributed by atoms with Crippen LogP contribution >= 0.6 is 0 Å². The molecule has 1 aliphatic heterocycles. The SMILES string of the molecule is CC(C(O)c1ccccc1)N(C)CC1CC(c2ccc(CO)cc2)OC(c2cccc(NC(=O)CCCCCCC(=O)O)c2)O1. The summed E-state index contributed by atoms with van der Waals surface area (Å²) < 4.78 is 13.0. The third kappa shape index (κ3) is 10.5. The van der Waals surface area contributed by atoms with Gasteiger partial charge < -0.3 is 30.1 Å². The van der Waals surface area contributed by atoms with E-state index in [9.17, 15) is 19.8 Å². The molecule has 9 heteroatoms. The third-order valence-corrected chi connectivity index (χ3v) is 8.39. The number of carboxylic acids is 1. The highest BCUT2D eigenvalue weighted by Crippen LogP contribution is 2.39. The summed E-state index contributed by atoms with van der Waals surface area (Å²) in [5, 5.41) is 32.3. The predicted octanol–water partition coefficient (Wildman–Crippen LogP) is 6.14.